The number of nitrogens with one attached hydrogen (secondary N) is 1. The number of fused-ring (bicyclic) bond motifs is 1. The Balaban J connectivity index is 1.59. The van der Waals surface area contributed by atoms with Crippen LogP contribution in [0.3, 0.4) is 0 Å². The maximum absolute atomic E-state index is 14.5. The van der Waals surface area contributed by atoms with Crippen molar-refractivity contribution in [3.8, 4) is 17.0 Å². The Hall–Kier alpha value is -4.88. The second kappa shape index (κ2) is 12.0. The number of aliphatic carboxylic acids is 1. The molecule has 2 N–H and O–H groups in total. The van der Waals surface area contributed by atoms with Crippen molar-refractivity contribution < 1.29 is 41.1 Å². The second-order valence-corrected chi connectivity index (χ2v) is 10.1. The molecule has 3 heterocycles. The maximum atomic E-state index is 14.5. The van der Waals surface area contributed by atoms with Crippen LogP contribution in [0.2, 0.25) is 0 Å². The number of carboxylic acids is 1. The number of aromatic nitrogens is 3. The SMILES string of the molecule is CCCCC(C(=O)O)(c1cc(-c2ccc(OCCC)cc2C(F)(F)F)no1)n1cnc2c1C=CN(c1cccc(F)c1F)N2. The van der Waals surface area contributed by atoms with Gasteiger partial charge in [-0.2, -0.15) is 13.2 Å². The molecule has 1 unspecified atom stereocenters. The highest BCUT2D eigenvalue weighted by molar-refractivity contribution is 5.83. The summed E-state index contributed by atoms with van der Waals surface area (Å²) in [6, 6.07) is 8.28. The number of benzene rings is 2. The summed E-state index contributed by atoms with van der Waals surface area (Å²) < 4.78 is 82.8. The number of hydrazine groups is 1. The predicted molar refractivity (Wildman–Crippen MR) is 151 cm³/mol. The minimum atomic E-state index is -4.76. The maximum Gasteiger partial charge on any atom is 0.417 e. The molecule has 0 saturated heterocycles. The molecule has 0 bridgehead atoms. The Morgan fingerprint density at radius 1 is 1.11 bits per heavy atom. The Bertz CT molecular complexity index is 1700. The monoisotopic (exact) mass is 617 g/mol. The zero-order valence-corrected chi connectivity index (χ0v) is 23.7. The van der Waals surface area contributed by atoms with Crippen molar-refractivity contribution in [2.24, 2.45) is 0 Å². The number of carboxylic acid groups (broad SMARTS) is 1. The van der Waals surface area contributed by atoms with Crippen LogP contribution in [0.1, 0.15) is 56.5 Å². The number of carbonyl (C=O) groups is 1. The van der Waals surface area contributed by atoms with Gasteiger partial charge in [0.2, 0.25) is 5.54 Å². The van der Waals surface area contributed by atoms with Crippen molar-refractivity contribution in [2.75, 3.05) is 17.0 Å². The van der Waals surface area contributed by atoms with E-state index in [2.05, 4.69) is 15.6 Å². The molecule has 14 heteroatoms. The smallest absolute Gasteiger partial charge is 0.417 e. The van der Waals surface area contributed by atoms with E-state index in [4.69, 9.17) is 9.26 Å². The Morgan fingerprint density at radius 2 is 1.91 bits per heavy atom. The highest BCUT2D eigenvalue weighted by Gasteiger charge is 2.48. The normalized spacial score (nSPS) is 14.2. The van der Waals surface area contributed by atoms with Gasteiger partial charge in [0.25, 0.3) is 0 Å². The van der Waals surface area contributed by atoms with E-state index in [1.165, 1.54) is 58.5 Å². The third-order valence-corrected chi connectivity index (χ3v) is 7.22. The lowest BCUT2D eigenvalue weighted by atomic mass is 9.88. The van der Waals surface area contributed by atoms with E-state index in [1.807, 2.05) is 13.8 Å². The van der Waals surface area contributed by atoms with E-state index in [0.29, 0.717) is 19.3 Å². The summed E-state index contributed by atoms with van der Waals surface area (Å²) in [7, 11) is 0. The van der Waals surface area contributed by atoms with Gasteiger partial charge in [0.1, 0.15) is 17.1 Å². The van der Waals surface area contributed by atoms with Crippen molar-refractivity contribution in [3.63, 3.8) is 0 Å². The molecular weight excluding hydrogens is 589 g/mol. The number of anilines is 2. The van der Waals surface area contributed by atoms with Gasteiger partial charge in [0, 0.05) is 17.8 Å². The van der Waals surface area contributed by atoms with Crippen LogP contribution >= 0.6 is 0 Å². The van der Waals surface area contributed by atoms with E-state index in [0.717, 1.165) is 12.1 Å². The zero-order chi connectivity index (χ0) is 31.6. The van der Waals surface area contributed by atoms with Gasteiger partial charge in [0.05, 0.1) is 24.2 Å². The fourth-order valence-corrected chi connectivity index (χ4v) is 5.02. The summed E-state index contributed by atoms with van der Waals surface area (Å²) in [5.74, 6) is -3.59. The molecule has 1 aliphatic rings. The first-order chi connectivity index (χ1) is 21.0. The van der Waals surface area contributed by atoms with Crippen molar-refractivity contribution in [3.05, 3.63) is 83.6 Å². The number of rotatable bonds is 11. The van der Waals surface area contributed by atoms with Gasteiger partial charge in [-0.1, -0.05) is 37.9 Å². The van der Waals surface area contributed by atoms with Gasteiger partial charge >= 0.3 is 12.1 Å². The van der Waals surface area contributed by atoms with Crippen LogP contribution in [0.15, 0.2) is 59.5 Å². The van der Waals surface area contributed by atoms with Crippen molar-refractivity contribution in [2.45, 2.75) is 51.2 Å². The molecule has 1 aliphatic heterocycles. The zero-order valence-electron chi connectivity index (χ0n) is 23.7. The first kappa shape index (κ1) is 30.6. The minimum Gasteiger partial charge on any atom is -0.494 e. The summed E-state index contributed by atoms with van der Waals surface area (Å²) >= 11 is 0. The number of hydrogen-bond acceptors (Lipinski definition) is 7. The predicted octanol–water partition coefficient (Wildman–Crippen LogP) is 7.46. The van der Waals surface area contributed by atoms with E-state index in [1.54, 1.807) is 0 Å². The Labute approximate surface area is 248 Å². The van der Waals surface area contributed by atoms with Gasteiger partial charge in [-0.25, -0.2) is 18.6 Å². The summed E-state index contributed by atoms with van der Waals surface area (Å²) in [6.07, 6.45) is 0.861. The highest BCUT2D eigenvalue weighted by atomic mass is 19.4. The van der Waals surface area contributed by atoms with Gasteiger partial charge < -0.3 is 18.9 Å². The minimum absolute atomic E-state index is 0.0255. The number of unbranched alkanes of at least 4 members (excludes halogenated alkanes) is 1. The number of ether oxygens (including phenoxy) is 1. The van der Waals surface area contributed by atoms with Crippen molar-refractivity contribution in [1.82, 2.24) is 14.7 Å². The molecule has 5 rings (SSSR count). The first-order valence-electron chi connectivity index (χ1n) is 13.8. The van der Waals surface area contributed by atoms with E-state index in [-0.39, 0.29) is 53.0 Å². The van der Waals surface area contributed by atoms with Gasteiger partial charge in [-0.05, 0) is 49.2 Å². The first-order valence-corrected chi connectivity index (χ1v) is 13.8. The van der Waals surface area contributed by atoms with Gasteiger partial charge in [-0.15, -0.1) is 0 Å². The standard InChI is InChI=1S/C30H28F5N5O4/c1-3-5-12-29(28(41)42,39-17-36-27-24(39)11-13-40(37-27)23-8-6-7-21(31)26(23)32)25-16-22(38-44-25)19-10-9-18(43-14-4-2)15-20(19)30(33,34)35/h6-11,13,15-17,37H,3-5,12,14H2,1-2H3,(H,41,42). The van der Waals surface area contributed by atoms with Crippen LogP contribution in [0, 0.1) is 11.6 Å². The quantitative estimate of drug-likeness (QED) is 0.167. The number of hydrogen-bond donors (Lipinski definition) is 2. The topological polar surface area (TPSA) is 106 Å². The third-order valence-electron chi connectivity index (χ3n) is 7.22. The van der Waals surface area contributed by atoms with Crippen LogP contribution in [0.5, 0.6) is 5.75 Å². The highest BCUT2D eigenvalue weighted by Crippen LogP contribution is 2.42. The second-order valence-electron chi connectivity index (χ2n) is 10.1. The molecule has 0 amide bonds. The summed E-state index contributed by atoms with van der Waals surface area (Å²) in [4.78, 5) is 17.4. The van der Waals surface area contributed by atoms with E-state index >= 15 is 0 Å². The molecule has 2 aromatic carbocycles. The van der Waals surface area contributed by atoms with Gasteiger partial charge in [0.15, 0.2) is 23.2 Å². The number of imidazole rings is 1. The summed E-state index contributed by atoms with van der Waals surface area (Å²) in [5, 5.41) is 15.7. The Kier molecular flexibility index (Phi) is 8.35. The largest absolute Gasteiger partial charge is 0.494 e. The summed E-state index contributed by atoms with van der Waals surface area (Å²) in [5.41, 5.74) is -0.570. The lowest BCUT2D eigenvalue weighted by Crippen LogP contribution is -2.43. The third kappa shape index (κ3) is 5.47. The summed E-state index contributed by atoms with van der Waals surface area (Å²) in [6.45, 7) is 3.91. The van der Waals surface area contributed by atoms with Crippen LogP contribution in [0.25, 0.3) is 17.3 Å². The lowest BCUT2D eigenvalue weighted by molar-refractivity contribution is -0.146. The molecule has 0 spiro atoms. The molecule has 0 radical (unpaired) electrons. The van der Waals surface area contributed by atoms with E-state index < -0.39 is 34.9 Å². The van der Waals surface area contributed by atoms with Crippen LogP contribution in [-0.4, -0.2) is 32.4 Å². The number of nitrogens with zero attached hydrogens (tertiary/aromatic N) is 4. The molecule has 4 aromatic rings. The fraction of sp³-hybridized carbons (Fsp3) is 0.300. The number of halogens is 5. The molecule has 2 aromatic heterocycles. The van der Waals surface area contributed by atoms with Gasteiger partial charge in [-0.3, -0.25) is 10.4 Å². The fourth-order valence-electron chi connectivity index (χ4n) is 5.02. The molecule has 0 saturated carbocycles. The van der Waals surface area contributed by atoms with Crippen LogP contribution < -0.4 is 15.2 Å². The van der Waals surface area contributed by atoms with Crippen molar-refractivity contribution in [1.29, 1.82) is 0 Å². The number of alkyl halides is 3. The molecule has 232 valence electrons. The van der Waals surface area contributed by atoms with Crippen LogP contribution in [-0.2, 0) is 16.5 Å². The van der Waals surface area contributed by atoms with Crippen LogP contribution in [0.4, 0.5) is 33.5 Å². The lowest BCUT2D eigenvalue weighted by Gasteiger charge is -2.31. The molecule has 1 atom stereocenters. The molecule has 9 nitrogen and oxygen atoms in total. The molecular formula is C30H28F5N5O4. The average Bonchev–Trinajstić information content (AvgIpc) is 3.66. The van der Waals surface area contributed by atoms with E-state index in [9.17, 15) is 31.9 Å². The Morgan fingerprint density at radius 3 is 2.61 bits per heavy atom. The average molecular weight is 618 g/mol. The molecule has 44 heavy (non-hydrogen) atoms. The molecule has 0 fully saturated rings. The van der Waals surface area contributed by atoms with Crippen molar-refractivity contribution >= 4 is 23.6 Å². The molecule has 0 aliphatic carbocycles.